The Kier molecular flexibility index (Phi) is 10.1. The molecule has 10 heteroatoms. The van der Waals surface area contributed by atoms with Crippen LogP contribution >= 0.6 is 0 Å². The zero-order chi connectivity index (χ0) is 32.6. The fourth-order valence-electron chi connectivity index (χ4n) is 6.17. The molecular formula is C37H37N3O7. The van der Waals surface area contributed by atoms with Gasteiger partial charge in [-0.15, -0.1) is 0 Å². The Labute approximate surface area is 272 Å². The minimum Gasteiger partial charge on any atom is -0.489 e. The van der Waals surface area contributed by atoms with Crippen LogP contribution in [0.2, 0.25) is 0 Å². The van der Waals surface area contributed by atoms with Crippen molar-refractivity contribution in [3.8, 4) is 23.1 Å². The maximum Gasteiger partial charge on any atom is 0.512 e. The molecule has 1 aliphatic rings. The number of ether oxygens (including phenoxy) is 2. The highest BCUT2D eigenvalue weighted by Gasteiger charge is 2.27. The van der Waals surface area contributed by atoms with Gasteiger partial charge >= 0.3 is 12.1 Å². The van der Waals surface area contributed by atoms with Crippen molar-refractivity contribution < 1.29 is 33.7 Å². The van der Waals surface area contributed by atoms with Crippen molar-refractivity contribution in [2.45, 2.75) is 57.6 Å². The van der Waals surface area contributed by atoms with Gasteiger partial charge in [0.05, 0.1) is 0 Å². The third-order valence-electron chi connectivity index (χ3n) is 8.48. The number of unbranched alkanes of at least 4 members (excludes halogenated alkanes) is 1. The second-order valence-electron chi connectivity index (χ2n) is 11.7. The second kappa shape index (κ2) is 14.9. The lowest BCUT2D eigenvalue weighted by Crippen LogP contribution is -2.34. The van der Waals surface area contributed by atoms with Crippen molar-refractivity contribution in [1.82, 2.24) is 14.9 Å². The normalized spacial score (nSPS) is 14.2. The Morgan fingerprint density at radius 2 is 1.70 bits per heavy atom. The van der Waals surface area contributed by atoms with Gasteiger partial charge in [-0.3, -0.25) is 9.69 Å². The summed E-state index contributed by atoms with van der Waals surface area (Å²) in [6, 6.07) is 27.4. The number of para-hydroxylation sites is 3. The summed E-state index contributed by atoms with van der Waals surface area (Å²) in [5.74, 6) is 0.697. The van der Waals surface area contributed by atoms with E-state index in [1.165, 1.54) is 0 Å². The van der Waals surface area contributed by atoms with Gasteiger partial charge in [-0.2, -0.15) is 0 Å². The molecule has 2 aromatic heterocycles. The first kappa shape index (κ1) is 31.7. The van der Waals surface area contributed by atoms with E-state index in [2.05, 4.69) is 20.9 Å². The number of hydrogen-bond acceptors (Lipinski definition) is 8. The van der Waals surface area contributed by atoms with E-state index in [4.69, 9.17) is 24.1 Å². The average Bonchev–Trinajstić information content (AvgIpc) is 3.51. The van der Waals surface area contributed by atoms with Crippen molar-refractivity contribution in [1.29, 1.82) is 0 Å². The van der Waals surface area contributed by atoms with Gasteiger partial charge in [-0.05, 0) is 92.1 Å². The topological polar surface area (TPSA) is 135 Å². The lowest BCUT2D eigenvalue weighted by molar-refractivity contribution is -0.137. The highest BCUT2D eigenvalue weighted by Crippen LogP contribution is 2.35. The molecule has 10 nitrogen and oxygen atoms in total. The monoisotopic (exact) mass is 635 g/mol. The fourth-order valence-corrected chi connectivity index (χ4v) is 6.17. The van der Waals surface area contributed by atoms with E-state index in [-0.39, 0.29) is 18.3 Å². The summed E-state index contributed by atoms with van der Waals surface area (Å²) >= 11 is 0. The fraction of sp³-hybridized carbons (Fsp3) is 0.297. The first-order valence-electron chi connectivity index (χ1n) is 15.9. The van der Waals surface area contributed by atoms with Crippen LogP contribution in [-0.4, -0.2) is 50.3 Å². The summed E-state index contributed by atoms with van der Waals surface area (Å²) in [5.41, 5.74) is 6.52. The number of rotatable bonds is 14. The number of carbonyl (C=O) groups is 2. The van der Waals surface area contributed by atoms with Crippen molar-refractivity contribution >= 4 is 23.2 Å². The predicted molar refractivity (Wildman–Crippen MR) is 176 cm³/mol. The van der Waals surface area contributed by atoms with Crippen molar-refractivity contribution in [3.63, 3.8) is 0 Å². The highest BCUT2D eigenvalue weighted by molar-refractivity contribution is 5.76. The van der Waals surface area contributed by atoms with Gasteiger partial charge in [0.1, 0.15) is 17.9 Å². The number of benzene rings is 3. The van der Waals surface area contributed by atoms with Gasteiger partial charge < -0.3 is 24.1 Å². The van der Waals surface area contributed by atoms with Gasteiger partial charge in [0, 0.05) is 36.3 Å². The molecule has 3 aromatic carbocycles. The van der Waals surface area contributed by atoms with Crippen LogP contribution in [0.3, 0.4) is 0 Å². The van der Waals surface area contributed by atoms with Crippen LogP contribution in [0.15, 0.2) is 89.3 Å². The molecule has 0 radical (unpaired) electrons. The van der Waals surface area contributed by atoms with Gasteiger partial charge in [-0.1, -0.05) is 48.5 Å². The van der Waals surface area contributed by atoms with Crippen LogP contribution in [0.4, 0.5) is 4.79 Å². The van der Waals surface area contributed by atoms with E-state index in [1.807, 2.05) is 72.8 Å². The lowest BCUT2D eigenvalue weighted by atomic mass is 9.89. The van der Waals surface area contributed by atoms with Gasteiger partial charge in [0.2, 0.25) is 11.8 Å². The molecule has 0 saturated carbocycles. The van der Waals surface area contributed by atoms with E-state index >= 15 is 0 Å². The summed E-state index contributed by atoms with van der Waals surface area (Å²) in [6.07, 6.45) is 3.44. The van der Waals surface area contributed by atoms with E-state index in [0.29, 0.717) is 18.9 Å². The molecule has 0 amide bonds. The number of hydrogen-bond donors (Lipinski definition) is 2. The molecular weight excluding hydrogens is 598 g/mol. The molecule has 6 rings (SSSR count). The van der Waals surface area contributed by atoms with E-state index in [0.717, 1.165) is 90.0 Å². The number of aliphatic carboxylic acids is 1. The van der Waals surface area contributed by atoms with Gasteiger partial charge in [-0.25, -0.2) is 14.8 Å². The molecule has 0 aliphatic heterocycles. The average molecular weight is 636 g/mol. The van der Waals surface area contributed by atoms with Crippen molar-refractivity contribution in [2.24, 2.45) is 0 Å². The number of aryl methyl sites for hydroxylation is 1. The Hall–Kier alpha value is -5.22. The summed E-state index contributed by atoms with van der Waals surface area (Å²) < 4.78 is 17.0. The Morgan fingerprint density at radius 3 is 2.51 bits per heavy atom. The number of aromatic nitrogens is 2. The van der Waals surface area contributed by atoms with Crippen LogP contribution in [0, 0.1) is 0 Å². The summed E-state index contributed by atoms with van der Waals surface area (Å²) in [7, 11) is 0. The third-order valence-corrected chi connectivity index (χ3v) is 8.48. The van der Waals surface area contributed by atoms with Crippen LogP contribution in [-0.2, 0) is 24.2 Å². The van der Waals surface area contributed by atoms with Crippen LogP contribution in [0.5, 0.6) is 11.6 Å². The number of carboxylic acid groups (broad SMARTS) is 2. The number of carboxylic acids is 1. The maximum absolute atomic E-state index is 11.1. The molecule has 1 aliphatic carbocycles. The van der Waals surface area contributed by atoms with E-state index in [9.17, 15) is 9.59 Å². The number of oxazole rings is 1. The molecule has 242 valence electrons. The standard InChI is InChI=1S/C37H37N3O7/c41-35(42)14-5-6-22-40(31-11-7-10-29-28(31)19-20-34(38-29)47-37(43)44)23-21-26-8-1-3-12-32(26)45-24-25-15-17-27(18-16-25)36-39-30-9-2-4-13-33(30)46-36/h1-4,8-9,12-13,15-20,31H,5-7,10-11,14,21-24H2,(H,41,42)(H,43,44). The first-order chi connectivity index (χ1) is 22.9. The van der Waals surface area contributed by atoms with Crippen LogP contribution in [0.25, 0.3) is 22.6 Å². The zero-order valence-corrected chi connectivity index (χ0v) is 26.0. The Balaban J connectivity index is 1.13. The lowest BCUT2D eigenvalue weighted by Gasteiger charge is -2.36. The Morgan fingerprint density at radius 1 is 0.894 bits per heavy atom. The molecule has 2 N–H and O–H groups in total. The van der Waals surface area contributed by atoms with E-state index in [1.54, 1.807) is 6.07 Å². The van der Waals surface area contributed by atoms with Crippen molar-refractivity contribution in [3.05, 3.63) is 107 Å². The molecule has 0 spiro atoms. The Bertz CT molecular complexity index is 1800. The minimum atomic E-state index is -1.39. The summed E-state index contributed by atoms with van der Waals surface area (Å²) in [6.45, 7) is 1.89. The molecule has 1 unspecified atom stereocenters. The quantitative estimate of drug-likeness (QED) is 0.0923. The highest BCUT2D eigenvalue weighted by atomic mass is 16.7. The molecule has 0 fully saturated rings. The smallest absolute Gasteiger partial charge is 0.489 e. The maximum atomic E-state index is 11.1. The molecule has 2 heterocycles. The van der Waals surface area contributed by atoms with Gasteiger partial charge in [0.15, 0.2) is 5.58 Å². The van der Waals surface area contributed by atoms with Crippen LogP contribution in [0.1, 0.15) is 60.5 Å². The number of pyridine rings is 1. The summed E-state index contributed by atoms with van der Waals surface area (Å²) in [4.78, 5) is 33.7. The molecule has 0 saturated heterocycles. The largest absolute Gasteiger partial charge is 0.512 e. The molecule has 1 atom stereocenters. The zero-order valence-electron chi connectivity index (χ0n) is 26.0. The SMILES string of the molecule is O=C(O)CCCCN(CCc1ccccc1OCc1ccc(-c2nc3ccccc3o2)cc1)C1CCCc2nc(OC(=O)O)ccc21. The molecule has 47 heavy (non-hydrogen) atoms. The van der Waals surface area contributed by atoms with Crippen molar-refractivity contribution in [2.75, 3.05) is 13.1 Å². The van der Waals surface area contributed by atoms with Gasteiger partial charge in [0.25, 0.3) is 0 Å². The number of nitrogens with zero attached hydrogens (tertiary/aromatic N) is 3. The molecule has 5 aromatic rings. The second-order valence-corrected chi connectivity index (χ2v) is 11.7. The third kappa shape index (κ3) is 8.14. The predicted octanol–water partition coefficient (Wildman–Crippen LogP) is 7.70. The number of fused-ring (bicyclic) bond motifs is 2. The summed E-state index contributed by atoms with van der Waals surface area (Å²) in [5, 5.41) is 18.2. The van der Waals surface area contributed by atoms with Crippen LogP contribution < -0.4 is 9.47 Å². The first-order valence-corrected chi connectivity index (χ1v) is 15.9. The molecule has 0 bridgehead atoms. The minimum absolute atomic E-state index is 0.0804. The van der Waals surface area contributed by atoms with E-state index < -0.39 is 12.1 Å².